The lowest BCUT2D eigenvalue weighted by Crippen LogP contribution is -2.37. The van der Waals surface area contributed by atoms with Gasteiger partial charge in [0, 0.05) is 16.7 Å². The van der Waals surface area contributed by atoms with Crippen molar-refractivity contribution < 1.29 is 4.79 Å². The van der Waals surface area contributed by atoms with Crippen molar-refractivity contribution in [3.63, 3.8) is 0 Å². The number of nitrogens with one attached hydrogen (secondary N) is 2. The van der Waals surface area contributed by atoms with Gasteiger partial charge < -0.3 is 10.6 Å². The van der Waals surface area contributed by atoms with E-state index >= 15 is 0 Å². The Balaban J connectivity index is 2.15. The summed E-state index contributed by atoms with van der Waals surface area (Å²) < 4.78 is 1.03. The van der Waals surface area contributed by atoms with E-state index in [1.807, 2.05) is 25.1 Å². The second-order valence-electron chi connectivity index (χ2n) is 4.97. The van der Waals surface area contributed by atoms with E-state index < -0.39 is 0 Å². The summed E-state index contributed by atoms with van der Waals surface area (Å²) in [6.07, 6.45) is 1.80. The fraction of sp³-hybridized carbons (Fsp3) is 0.500. The second-order valence-corrected chi connectivity index (χ2v) is 5.89. The highest BCUT2D eigenvalue weighted by Gasteiger charge is 2.39. The molecule has 1 heterocycles. The highest BCUT2D eigenvalue weighted by molar-refractivity contribution is 9.10. The first-order valence-corrected chi connectivity index (χ1v) is 7.15. The summed E-state index contributed by atoms with van der Waals surface area (Å²) in [6.45, 7) is 5.80. The van der Waals surface area contributed by atoms with Crippen LogP contribution in [0.2, 0.25) is 0 Å². The Hall–Kier alpha value is -0.870. The molecule has 98 valence electrons. The second kappa shape index (κ2) is 5.41. The van der Waals surface area contributed by atoms with E-state index in [-0.39, 0.29) is 11.3 Å². The van der Waals surface area contributed by atoms with Crippen molar-refractivity contribution in [1.82, 2.24) is 5.32 Å². The molecule has 3 nitrogen and oxygen atoms in total. The lowest BCUT2D eigenvalue weighted by Gasteiger charge is -2.25. The van der Waals surface area contributed by atoms with Crippen LogP contribution in [0.15, 0.2) is 22.7 Å². The smallest absolute Gasteiger partial charge is 0.231 e. The molecular formula is C14H19BrN2O. The maximum absolute atomic E-state index is 12.4. The molecule has 1 aromatic rings. The predicted octanol–water partition coefficient (Wildman–Crippen LogP) is 3.09. The minimum absolute atomic E-state index is 0.139. The van der Waals surface area contributed by atoms with Crippen molar-refractivity contribution >= 4 is 27.5 Å². The zero-order chi connectivity index (χ0) is 13.2. The minimum atomic E-state index is -0.237. The minimum Gasteiger partial charge on any atom is -0.325 e. The van der Waals surface area contributed by atoms with Gasteiger partial charge in [-0.2, -0.15) is 0 Å². The van der Waals surface area contributed by atoms with Crippen LogP contribution in [0.25, 0.3) is 0 Å². The van der Waals surface area contributed by atoms with Crippen molar-refractivity contribution in [3.05, 3.63) is 28.2 Å². The number of halogens is 1. The summed E-state index contributed by atoms with van der Waals surface area (Å²) in [4.78, 5) is 12.4. The molecular weight excluding hydrogens is 292 g/mol. The van der Waals surface area contributed by atoms with Crippen LogP contribution in [0.4, 0.5) is 5.69 Å². The van der Waals surface area contributed by atoms with E-state index in [1.165, 1.54) is 0 Å². The SMILES string of the molecule is CCC1(C(=O)Nc2ccc(Br)cc2C)CCNC1. The quantitative estimate of drug-likeness (QED) is 0.901. The highest BCUT2D eigenvalue weighted by Crippen LogP contribution is 2.31. The van der Waals surface area contributed by atoms with E-state index in [4.69, 9.17) is 0 Å². The first-order chi connectivity index (χ1) is 8.57. The fourth-order valence-corrected chi connectivity index (χ4v) is 2.90. The fourth-order valence-electron chi connectivity index (χ4n) is 2.42. The Morgan fingerprint density at radius 1 is 1.56 bits per heavy atom. The third-order valence-electron chi connectivity index (χ3n) is 3.84. The summed E-state index contributed by atoms with van der Waals surface area (Å²) in [7, 11) is 0. The number of carbonyl (C=O) groups excluding carboxylic acids is 1. The van der Waals surface area contributed by atoms with Crippen LogP contribution in [0.3, 0.4) is 0 Å². The molecule has 1 saturated heterocycles. The monoisotopic (exact) mass is 310 g/mol. The molecule has 0 spiro atoms. The molecule has 4 heteroatoms. The zero-order valence-electron chi connectivity index (χ0n) is 10.8. The summed E-state index contributed by atoms with van der Waals surface area (Å²) in [5.41, 5.74) is 1.75. The third kappa shape index (κ3) is 2.59. The van der Waals surface area contributed by atoms with E-state index in [0.29, 0.717) is 0 Å². The summed E-state index contributed by atoms with van der Waals surface area (Å²) in [6, 6.07) is 5.91. The summed E-state index contributed by atoms with van der Waals surface area (Å²) in [5.74, 6) is 0.139. The van der Waals surface area contributed by atoms with Crippen LogP contribution in [0, 0.1) is 12.3 Å². The van der Waals surface area contributed by atoms with Crippen molar-refractivity contribution in [2.45, 2.75) is 26.7 Å². The molecule has 0 bridgehead atoms. The molecule has 1 aromatic carbocycles. The van der Waals surface area contributed by atoms with Crippen LogP contribution in [0.1, 0.15) is 25.3 Å². The molecule has 1 aliphatic rings. The number of anilines is 1. The Morgan fingerprint density at radius 2 is 2.33 bits per heavy atom. The molecule has 2 N–H and O–H groups in total. The van der Waals surface area contributed by atoms with Gasteiger partial charge in [0.05, 0.1) is 5.41 Å². The number of benzene rings is 1. The van der Waals surface area contributed by atoms with Crippen LogP contribution in [-0.4, -0.2) is 19.0 Å². The number of amides is 1. The van der Waals surface area contributed by atoms with Crippen LogP contribution >= 0.6 is 15.9 Å². The maximum atomic E-state index is 12.4. The Labute approximate surface area is 116 Å². The van der Waals surface area contributed by atoms with Crippen molar-refractivity contribution in [2.75, 3.05) is 18.4 Å². The van der Waals surface area contributed by atoms with Gasteiger partial charge in [0.2, 0.25) is 5.91 Å². The van der Waals surface area contributed by atoms with Crippen molar-refractivity contribution in [2.24, 2.45) is 5.41 Å². The van der Waals surface area contributed by atoms with Gasteiger partial charge in [-0.15, -0.1) is 0 Å². The summed E-state index contributed by atoms with van der Waals surface area (Å²) >= 11 is 3.43. The van der Waals surface area contributed by atoms with Gasteiger partial charge in [0.1, 0.15) is 0 Å². The largest absolute Gasteiger partial charge is 0.325 e. The van der Waals surface area contributed by atoms with Gasteiger partial charge in [0.15, 0.2) is 0 Å². The topological polar surface area (TPSA) is 41.1 Å². The molecule has 0 aromatic heterocycles. The lowest BCUT2D eigenvalue weighted by molar-refractivity contribution is -0.124. The molecule has 2 rings (SSSR count). The highest BCUT2D eigenvalue weighted by atomic mass is 79.9. The first kappa shape index (κ1) is 13.6. The Morgan fingerprint density at radius 3 is 2.89 bits per heavy atom. The third-order valence-corrected chi connectivity index (χ3v) is 4.33. The molecule has 0 saturated carbocycles. The van der Waals surface area contributed by atoms with E-state index in [1.54, 1.807) is 0 Å². The Kier molecular flexibility index (Phi) is 4.07. The molecule has 0 aliphatic carbocycles. The van der Waals surface area contributed by atoms with Crippen LogP contribution < -0.4 is 10.6 Å². The van der Waals surface area contributed by atoms with Gasteiger partial charge >= 0.3 is 0 Å². The molecule has 1 unspecified atom stereocenters. The van der Waals surface area contributed by atoms with Crippen molar-refractivity contribution in [3.8, 4) is 0 Å². The lowest BCUT2D eigenvalue weighted by atomic mass is 9.83. The van der Waals surface area contributed by atoms with E-state index in [2.05, 4.69) is 33.5 Å². The molecule has 1 amide bonds. The number of aryl methyl sites for hydroxylation is 1. The number of carbonyl (C=O) groups is 1. The molecule has 0 radical (unpaired) electrons. The molecule has 1 fully saturated rings. The number of hydrogen-bond donors (Lipinski definition) is 2. The molecule has 1 atom stereocenters. The first-order valence-electron chi connectivity index (χ1n) is 6.36. The number of hydrogen-bond acceptors (Lipinski definition) is 2. The van der Waals surface area contributed by atoms with Crippen molar-refractivity contribution in [1.29, 1.82) is 0 Å². The van der Waals surface area contributed by atoms with Gasteiger partial charge in [-0.3, -0.25) is 4.79 Å². The molecule has 18 heavy (non-hydrogen) atoms. The average Bonchev–Trinajstić information content (AvgIpc) is 2.82. The Bertz CT molecular complexity index is 453. The average molecular weight is 311 g/mol. The van der Waals surface area contributed by atoms with Gasteiger partial charge in [0.25, 0.3) is 0 Å². The van der Waals surface area contributed by atoms with Crippen LogP contribution in [0.5, 0.6) is 0 Å². The normalized spacial score (nSPS) is 23.1. The predicted molar refractivity (Wildman–Crippen MR) is 77.7 cm³/mol. The van der Waals surface area contributed by atoms with Gasteiger partial charge in [-0.25, -0.2) is 0 Å². The van der Waals surface area contributed by atoms with Gasteiger partial charge in [-0.1, -0.05) is 22.9 Å². The van der Waals surface area contributed by atoms with E-state index in [0.717, 1.165) is 41.7 Å². The zero-order valence-corrected chi connectivity index (χ0v) is 12.4. The summed E-state index contributed by atoms with van der Waals surface area (Å²) in [5, 5.41) is 6.36. The van der Waals surface area contributed by atoms with E-state index in [9.17, 15) is 4.79 Å². The van der Waals surface area contributed by atoms with Gasteiger partial charge in [-0.05, 0) is 50.1 Å². The maximum Gasteiger partial charge on any atom is 0.231 e. The van der Waals surface area contributed by atoms with Crippen LogP contribution in [-0.2, 0) is 4.79 Å². The number of rotatable bonds is 3. The standard InChI is InChI=1S/C14H19BrN2O/c1-3-14(6-7-16-9-14)13(18)17-12-5-4-11(15)8-10(12)2/h4-5,8,16H,3,6-7,9H2,1-2H3,(H,17,18). The molecule has 1 aliphatic heterocycles.